The lowest BCUT2D eigenvalue weighted by molar-refractivity contribution is -0.146. The first-order valence-corrected chi connectivity index (χ1v) is 5.47. The van der Waals surface area contributed by atoms with Gasteiger partial charge >= 0.3 is 5.97 Å². The Kier molecular flexibility index (Phi) is 1.94. The van der Waals surface area contributed by atoms with Gasteiger partial charge in [0.15, 0.2) is 0 Å². The summed E-state index contributed by atoms with van der Waals surface area (Å²) in [5, 5.41) is 1.05. The van der Waals surface area contributed by atoms with Crippen molar-refractivity contribution < 1.29 is 9.53 Å². The standard InChI is InChI=1S/C9H13BrO2/c1-12-8(11)7-4-9(5-10)2-6(7)3-9/h6-7H,2-5H2,1H3. The van der Waals surface area contributed by atoms with Crippen LogP contribution >= 0.6 is 15.9 Å². The number of hydrogen-bond donors (Lipinski definition) is 0. The number of carbonyl (C=O) groups excluding carboxylic acids is 1. The fraction of sp³-hybridized carbons (Fsp3) is 0.889. The minimum Gasteiger partial charge on any atom is -0.469 e. The third kappa shape index (κ3) is 1.02. The van der Waals surface area contributed by atoms with Crippen LogP contribution in [-0.4, -0.2) is 18.4 Å². The van der Waals surface area contributed by atoms with Crippen LogP contribution in [0.5, 0.6) is 0 Å². The molecule has 3 rings (SSSR count). The molecule has 3 heteroatoms. The average molecular weight is 233 g/mol. The minimum atomic E-state index is 0.000301. The highest BCUT2D eigenvalue weighted by Crippen LogP contribution is 2.62. The predicted molar refractivity (Wildman–Crippen MR) is 49.1 cm³/mol. The lowest BCUT2D eigenvalue weighted by Gasteiger charge is -2.36. The van der Waals surface area contributed by atoms with E-state index in [1.54, 1.807) is 0 Å². The van der Waals surface area contributed by atoms with Gasteiger partial charge < -0.3 is 4.74 Å². The Morgan fingerprint density at radius 2 is 2.25 bits per heavy atom. The van der Waals surface area contributed by atoms with E-state index in [1.165, 1.54) is 20.0 Å². The first-order chi connectivity index (χ1) is 5.71. The Labute approximate surface area is 80.8 Å². The highest BCUT2D eigenvalue weighted by Gasteiger charge is 2.57. The van der Waals surface area contributed by atoms with Crippen molar-refractivity contribution in [1.29, 1.82) is 0 Å². The fourth-order valence-corrected chi connectivity index (χ4v) is 3.41. The van der Waals surface area contributed by atoms with Crippen molar-refractivity contribution in [3.8, 4) is 0 Å². The van der Waals surface area contributed by atoms with E-state index in [1.807, 2.05) is 0 Å². The molecule has 0 radical (unpaired) electrons. The van der Waals surface area contributed by atoms with Gasteiger partial charge in [-0.1, -0.05) is 15.9 Å². The molecule has 3 saturated carbocycles. The molecule has 1 atom stereocenters. The highest BCUT2D eigenvalue weighted by atomic mass is 79.9. The van der Waals surface area contributed by atoms with E-state index in [9.17, 15) is 4.79 Å². The van der Waals surface area contributed by atoms with Crippen molar-refractivity contribution in [2.75, 3.05) is 12.4 Å². The quantitative estimate of drug-likeness (QED) is 0.538. The molecule has 0 saturated heterocycles. The van der Waals surface area contributed by atoms with Gasteiger partial charge in [-0.05, 0) is 30.6 Å². The number of methoxy groups -OCH3 is 1. The van der Waals surface area contributed by atoms with Crippen molar-refractivity contribution in [2.45, 2.75) is 19.3 Å². The molecule has 2 bridgehead atoms. The van der Waals surface area contributed by atoms with Crippen molar-refractivity contribution in [3.05, 3.63) is 0 Å². The lowest BCUT2D eigenvalue weighted by atomic mass is 9.71. The summed E-state index contributed by atoms with van der Waals surface area (Å²) >= 11 is 3.52. The van der Waals surface area contributed by atoms with E-state index in [0.29, 0.717) is 11.3 Å². The molecular weight excluding hydrogens is 220 g/mol. The Balaban J connectivity index is 2.02. The van der Waals surface area contributed by atoms with Crippen LogP contribution in [0.3, 0.4) is 0 Å². The molecule has 0 N–H and O–H groups in total. The summed E-state index contributed by atoms with van der Waals surface area (Å²) in [7, 11) is 1.48. The third-order valence-corrected chi connectivity index (χ3v) is 4.59. The largest absolute Gasteiger partial charge is 0.469 e. The monoisotopic (exact) mass is 232 g/mol. The second-order valence-corrected chi connectivity index (χ2v) is 4.70. The van der Waals surface area contributed by atoms with E-state index in [0.717, 1.165) is 11.8 Å². The van der Waals surface area contributed by atoms with Gasteiger partial charge in [0, 0.05) is 5.33 Å². The Hall–Kier alpha value is -0.0500. The number of hydrogen-bond acceptors (Lipinski definition) is 2. The van der Waals surface area contributed by atoms with Crippen LogP contribution in [0, 0.1) is 17.3 Å². The first kappa shape index (κ1) is 8.54. The zero-order valence-corrected chi connectivity index (χ0v) is 8.76. The fourth-order valence-electron chi connectivity index (χ4n) is 2.73. The number of halogens is 1. The maximum absolute atomic E-state index is 11.3. The molecule has 3 fully saturated rings. The average Bonchev–Trinajstić information content (AvgIpc) is 2.56. The second-order valence-electron chi connectivity index (χ2n) is 4.14. The SMILES string of the molecule is COC(=O)C1CC2(CBr)CC1C2. The Bertz CT molecular complexity index is 209. The second kappa shape index (κ2) is 2.72. The molecule has 3 aliphatic rings. The van der Waals surface area contributed by atoms with Crippen LogP contribution in [0.2, 0.25) is 0 Å². The molecule has 0 aromatic rings. The number of rotatable bonds is 2. The van der Waals surface area contributed by atoms with Gasteiger partial charge in [0.05, 0.1) is 13.0 Å². The van der Waals surface area contributed by atoms with Gasteiger partial charge in [0.25, 0.3) is 0 Å². The maximum atomic E-state index is 11.3. The minimum absolute atomic E-state index is 0.000301. The van der Waals surface area contributed by atoms with Crippen LogP contribution in [0.25, 0.3) is 0 Å². The van der Waals surface area contributed by atoms with Gasteiger partial charge in [-0.25, -0.2) is 0 Å². The summed E-state index contributed by atoms with van der Waals surface area (Å²) < 4.78 is 4.77. The molecule has 0 aromatic heterocycles. The lowest BCUT2D eigenvalue weighted by Crippen LogP contribution is -2.30. The molecule has 0 amide bonds. The van der Waals surface area contributed by atoms with E-state index >= 15 is 0 Å². The molecular formula is C9H13BrO2. The molecule has 3 aliphatic carbocycles. The Morgan fingerprint density at radius 3 is 2.67 bits per heavy atom. The van der Waals surface area contributed by atoms with Gasteiger partial charge in [0.1, 0.15) is 0 Å². The number of carbonyl (C=O) groups is 1. The number of alkyl halides is 1. The highest BCUT2D eigenvalue weighted by molar-refractivity contribution is 9.09. The molecule has 2 nitrogen and oxygen atoms in total. The van der Waals surface area contributed by atoms with Crippen LogP contribution in [0.15, 0.2) is 0 Å². The zero-order valence-electron chi connectivity index (χ0n) is 7.18. The summed E-state index contributed by atoms with van der Waals surface area (Å²) in [5.41, 5.74) is 0.448. The number of esters is 1. The third-order valence-electron chi connectivity index (χ3n) is 3.40. The normalized spacial score (nSPS) is 43.8. The van der Waals surface area contributed by atoms with Gasteiger partial charge in [-0.15, -0.1) is 0 Å². The molecule has 0 aliphatic heterocycles. The van der Waals surface area contributed by atoms with Crippen molar-refractivity contribution in [1.82, 2.24) is 0 Å². The van der Waals surface area contributed by atoms with Crippen LogP contribution in [0.4, 0.5) is 0 Å². The van der Waals surface area contributed by atoms with Gasteiger partial charge in [0.2, 0.25) is 0 Å². The van der Waals surface area contributed by atoms with Gasteiger partial charge in [-0.2, -0.15) is 0 Å². The summed E-state index contributed by atoms with van der Waals surface area (Å²) in [6, 6.07) is 0. The summed E-state index contributed by atoms with van der Waals surface area (Å²) in [5.74, 6) is 0.822. The summed E-state index contributed by atoms with van der Waals surface area (Å²) in [6.07, 6.45) is 3.48. The summed E-state index contributed by atoms with van der Waals surface area (Å²) in [4.78, 5) is 11.3. The Morgan fingerprint density at radius 1 is 1.58 bits per heavy atom. The van der Waals surface area contributed by atoms with Crippen LogP contribution in [0.1, 0.15) is 19.3 Å². The maximum Gasteiger partial charge on any atom is 0.308 e. The molecule has 0 heterocycles. The van der Waals surface area contributed by atoms with E-state index in [2.05, 4.69) is 15.9 Å². The summed E-state index contributed by atoms with van der Waals surface area (Å²) in [6.45, 7) is 0. The van der Waals surface area contributed by atoms with Crippen molar-refractivity contribution in [2.24, 2.45) is 17.3 Å². The van der Waals surface area contributed by atoms with E-state index in [4.69, 9.17) is 4.74 Å². The molecule has 0 aromatic carbocycles. The van der Waals surface area contributed by atoms with E-state index < -0.39 is 0 Å². The predicted octanol–water partition coefficient (Wildman–Crippen LogP) is 1.97. The molecule has 1 unspecified atom stereocenters. The zero-order chi connectivity index (χ0) is 8.77. The number of fused-ring (bicyclic) bond motifs is 1. The first-order valence-electron chi connectivity index (χ1n) is 4.34. The van der Waals surface area contributed by atoms with Gasteiger partial charge in [-0.3, -0.25) is 4.79 Å². The molecule has 0 spiro atoms. The smallest absolute Gasteiger partial charge is 0.308 e. The number of ether oxygens (including phenoxy) is 1. The van der Waals surface area contributed by atoms with Crippen LogP contribution in [-0.2, 0) is 9.53 Å². The molecule has 12 heavy (non-hydrogen) atoms. The topological polar surface area (TPSA) is 26.3 Å². The molecule has 68 valence electrons. The van der Waals surface area contributed by atoms with Crippen molar-refractivity contribution >= 4 is 21.9 Å². The van der Waals surface area contributed by atoms with Crippen molar-refractivity contribution in [3.63, 3.8) is 0 Å². The van der Waals surface area contributed by atoms with E-state index in [-0.39, 0.29) is 11.9 Å². The van der Waals surface area contributed by atoms with Crippen LogP contribution < -0.4 is 0 Å².